The Labute approximate surface area is 122 Å². The molecule has 106 valence electrons. The highest BCUT2D eigenvalue weighted by molar-refractivity contribution is 5.97. The lowest BCUT2D eigenvalue weighted by atomic mass is 9.85. The van der Waals surface area contributed by atoms with Gasteiger partial charge >= 0.3 is 5.97 Å². The molecular weight excluding hydrogens is 266 g/mol. The molecule has 0 aliphatic carbocycles. The third kappa shape index (κ3) is 2.79. The summed E-state index contributed by atoms with van der Waals surface area (Å²) in [6.45, 7) is 0. The molecule has 0 bridgehead atoms. The Hall–Kier alpha value is -2.62. The fourth-order valence-corrected chi connectivity index (χ4v) is 2.57. The number of hydrogen-bond donors (Lipinski definition) is 1. The number of aliphatic carboxylic acids is 1. The molecule has 0 aromatic heterocycles. The van der Waals surface area contributed by atoms with Gasteiger partial charge in [0.2, 0.25) is 6.10 Å². The minimum absolute atomic E-state index is 0.0725. The van der Waals surface area contributed by atoms with Crippen LogP contribution in [0.15, 0.2) is 65.8 Å². The maximum absolute atomic E-state index is 11.0. The summed E-state index contributed by atoms with van der Waals surface area (Å²) in [5, 5.41) is 13.1. The van der Waals surface area contributed by atoms with Gasteiger partial charge in [-0.2, -0.15) is 0 Å². The quantitative estimate of drug-likeness (QED) is 0.937. The number of benzene rings is 2. The van der Waals surface area contributed by atoms with Crippen LogP contribution in [0.5, 0.6) is 0 Å². The topological polar surface area (TPSA) is 58.9 Å². The van der Waals surface area contributed by atoms with Crippen LogP contribution in [0.4, 0.5) is 0 Å². The van der Waals surface area contributed by atoms with Crippen LogP contribution in [-0.4, -0.2) is 22.9 Å². The van der Waals surface area contributed by atoms with Crippen LogP contribution >= 0.6 is 0 Å². The van der Waals surface area contributed by atoms with Crippen molar-refractivity contribution in [1.29, 1.82) is 0 Å². The number of carboxylic acids is 1. The molecule has 2 aromatic carbocycles. The van der Waals surface area contributed by atoms with Crippen molar-refractivity contribution in [2.45, 2.75) is 18.4 Å². The number of rotatable bonds is 4. The normalized spacial score (nSPS) is 17.4. The van der Waals surface area contributed by atoms with E-state index >= 15 is 0 Å². The van der Waals surface area contributed by atoms with Crippen molar-refractivity contribution >= 4 is 11.7 Å². The Kier molecular flexibility index (Phi) is 3.69. The molecule has 21 heavy (non-hydrogen) atoms. The van der Waals surface area contributed by atoms with Crippen molar-refractivity contribution in [3.8, 4) is 0 Å². The van der Waals surface area contributed by atoms with Gasteiger partial charge in [0.05, 0.1) is 11.6 Å². The van der Waals surface area contributed by atoms with Crippen molar-refractivity contribution in [3.63, 3.8) is 0 Å². The van der Waals surface area contributed by atoms with E-state index in [2.05, 4.69) is 5.16 Å². The Morgan fingerprint density at radius 2 is 1.57 bits per heavy atom. The summed E-state index contributed by atoms with van der Waals surface area (Å²) < 4.78 is 0. The summed E-state index contributed by atoms with van der Waals surface area (Å²) in [5.74, 6) is -1.05. The van der Waals surface area contributed by atoms with Gasteiger partial charge in [-0.05, 0) is 11.1 Å². The van der Waals surface area contributed by atoms with Crippen LogP contribution in [0.3, 0.4) is 0 Å². The van der Waals surface area contributed by atoms with E-state index in [0.29, 0.717) is 6.42 Å². The Bertz CT molecular complexity index is 613. The van der Waals surface area contributed by atoms with Crippen molar-refractivity contribution < 1.29 is 14.7 Å². The molecule has 1 atom stereocenters. The summed E-state index contributed by atoms with van der Waals surface area (Å²) in [4.78, 5) is 16.1. The first kappa shape index (κ1) is 13.4. The maximum atomic E-state index is 11.0. The highest BCUT2D eigenvalue weighted by Gasteiger charge is 2.33. The van der Waals surface area contributed by atoms with E-state index in [1.54, 1.807) is 0 Å². The minimum Gasteiger partial charge on any atom is -0.478 e. The van der Waals surface area contributed by atoms with Gasteiger partial charge in [0.25, 0.3) is 0 Å². The second kappa shape index (κ2) is 5.79. The molecule has 0 radical (unpaired) electrons. The van der Waals surface area contributed by atoms with Gasteiger partial charge in [-0.1, -0.05) is 65.8 Å². The van der Waals surface area contributed by atoms with Gasteiger partial charge in [0.15, 0.2) is 0 Å². The summed E-state index contributed by atoms with van der Waals surface area (Å²) >= 11 is 0. The first-order valence-electron chi connectivity index (χ1n) is 6.81. The lowest BCUT2D eigenvalue weighted by Gasteiger charge is -2.17. The van der Waals surface area contributed by atoms with E-state index in [0.717, 1.165) is 16.8 Å². The second-order valence-corrected chi connectivity index (χ2v) is 4.97. The number of carbonyl (C=O) groups is 1. The first-order chi connectivity index (χ1) is 10.3. The molecule has 1 heterocycles. The van der Waals surface area contributed by atoms with E-state index in [4.69, 9.17) is 9.94 Å². The van der Waals surface area contributed by atoms with E-state index in [9.17, 15) is 4.79 Å². The fraction of sp³-hybridized carbons (Fsp3) is 0.176. The van der Waals surface area contributed by atoms with Crippen molar-refractivity contribution in [1.82, 2.24) is 0 Å². The number of hydrogen-bond acceptors (Lipinski definition) is 3. The van der Waals surface area contributed by atoms with Crippen LogP contribution in [-0.2, 0) is 9.63 Å². The monoisotopic (exact) mass is 281 g/mol. The molecule has 1 aliphatic heterocycles. The number of oxime groups is 1. The zero-order valence-electron chi connectivity index (χ0n) is 11.3. The van der Waals surface area contributed by atoms with Gasteiger partial charge < -0.3 is 9.94 Å². The number of nitrogens with zero attached hydrogens (tertiary/aromatic N) is 1. The van der Waals surface area contributed by atoms with Gasteiger partial charge in [-0.25, -0.2) is 4.79 Å². The Morgan fingerprint density at radius 3 is 2.00 bits per heavy atom. The third-order valence-electron chi connectivity index (χ3n) is 3.57. The molecule has 1 unspecified atom stereocenters. The molecule has 0 saturated heterocycles. The fourth-order valence-electron chi connectivity index (χ4n) is 2.57. The lowest BCUT2D eigenvalue weighted by molar-refractivity contribution is -0.148. The van der Waals surface area contributed by atoms with E-state index < -0.39 is 12.1 Å². The SMILES string of the molecule is O=C(O)C1CC(C(c2ccccc2)c2ccccc2)=NO1. The summed E-state index contributed by atoms with van der Waals surface area (Å²) in [7, 11) is 0. The maximum Gasteiger partial charge on any atom is 0.348 e. The molecule has 2 aromatic rings. The lowest BCUT2D eigenvalue weighted by Crippen LogP contribution is -2.22. The first-order valence-corrected chi connectivity index (χ1v) is 6.81. The molecular formula is C17H15NO3. The number of carboxylic acid groups (broad SMARTS) is 1. The van der Waals surface area contributed by atoms with Crippen molar-refractivity contribution in [3.05, 3.63) is 71.8 Å². The van der Waals surface area contributed by atoms with Gasteiger partial charge in [-0.15, -0.1) is 0 Å². The average molecular weight is 281 g/mol. The van der Waals surface area contributed by atoms with Gasteiger partial charge in [-0.3, -0.25) is 0 Å². The van der Waals surface area contributed by atoms with E-state index in [-0.39, 0.29) is 5.92 Å². The van der Waals surface area contributed by atoms with Gasteiger partial charge in [0.1, 0.15) is 0 Å². The Balaban J connectivity index is 1.97. The molecule has 4 heteroatoms. The molecule has 1 N–H and O–H groups in total. The molecule has 0 fully saturated rings. The highest BCUT2D eigenvalue weighted by atomic mass is 16.7. The molecule has 0 saturated carbocycles. The largest absolute Gasteiger partial charge is 0.478 e. The summed E-state index contributed by atoms with van der Waals surface area (Å²) in [6, 6.07) is 19.9. The predicted molar refractivity (Wildman–Crippen MR) is 79.3 cm³/mol. The van der Waals surface area contributed by atoms with Crippen LogP contribution in [0, 0.1) is 0 Å². The van der Waals surface area contributed by atoms with Gasteiger partial charge in [0, 0.05) is 6.42 Å². The van der Waals surface area contributed by atoms with Crippen LogP contribution in [0.25, 0.3) is 0 Å². The molecule has 0 amide bonds. The van der Waals surface area contributed by atoms with E-state index in [1.807, 2.05) is 60.7 Å². The van der Waals surface area contributed by atoms with Crippen LogP contribution < -0.4 is 0 Å². The van der Waals surface area contributed by atoms with Crippen molar-refractivity contribution in [2.75, 3.05) is 0 Å². The summed E-state index contributed by atoms with van der Waals surface area (Å²) in [6.07, 6.45) is -0.570. The summed E-state index contributed by atoms with van der Waals surface area (Å²) in [5.41, 5.74) is 2.91. The van der Waals surface area contributed by atoms with Crippen LogP contribution in [0.1, 0.15) is 23.5 Å². The van der Waals surface area contributed by atoms with E-state index in [1.165, 1.54) is 0 Å². The predicted octanol–water partition coefficient (Wildman–Crippen LogP) is 3.05. The second-order valence-electron chi connectivity index (χ2n) is 4.97. The van der Waals surface area contributed by atoms with Crippen LogP contribution in [0.2, 0.25) is 0 Å². The molecule has 3 rings (SSSR count). The molecule has 1 aliphatic rings. The highest BCUT2D eigenvalue weighted by Crippen LogP contribution is 2.31. The molecule has 4 nitrogen and oxygen atoms in total. The Morgan fingerprint density at radius 1 is 1.05 bits per heavy atom. The zero-order chi connectivity index (χ0) is 14.7. The standard InChI is InChI=1S/C17H15NO3/c19-17(20)15-11-14(18-21-15)16(12-7-3-1-4-8-12)13-9-5-2-6-10-13/h1-10,15-16H,11H2,(H,19,20). The molecule has 0 spiro atoms. The minimum atomic E-state index is -0.978. The zero-order valence-corrected chi connectivity index (χ0v) is 11.3. The third-order valence-corrected chi connectivity index (χ3v) is 3.57. The van der Waals surface area contributed by atoms with Crippen molar-refractivity contribution in [2.24, 2.45) is 5.16 Å². The smallest absolute Gasteiger partial charge is 0.348 e. The average Bonchev–Trinajstić information content (AvgIpc) is 3.00.